The Morgan fingerprint density at radius 3 is 2.57 bits per heavy atom. The molecule has 3 N–H and O–H groups in total. The van der Waals surface area contributed by atoms with Gasteiger partial charge < -0.3 is 25.3 Å². The highest BCUT2D eigenvalue weighted by Gasteiger charge is 2.38. The van der Waals surface area contributed by atoms with E-state index in [1.54, 1.807) is 29.6 Å². The fourth-order valence-electron chi connectivity index (χ4n) is 4.78. The number of nitrogens with zero attached hydrogens (tertiary/aromatic N) is 2. The molecule has 0 aliphatic carbocycles. The highest BCUT2D eigenvalue weighted by atomic mass is 19.4. The number of nitrogens with one attached hydrogen (secondary N) is 1. The number of ether oxygens (including phenoxy) is 1. The maximum Gasteiger partial charge on any atom is 0.471 e. The number of nitrogen functional groups attached to an aromatic ring is 1. The Bertz CT molecular complexity index is 1300. The van der Waals surface area contributed by atoms with Gasteiger partial charge in [-0.2, -0.15) is 13.2 Å². The summed E-state index contributed by atoms with van der Waals surface area (Å²) in [5, 5.41) is 2.49. The van der Waals surface area contributed by atoms with Crippen LogP contribution in [0.5, 0.6) is 0 Å². The molecule has 2 amide bonds. The van der Waals surface area contributed by atoms with E-state index in [0.717, 1.165) is 5.52 Å². The van der Waals surface area contributed by atoms with Crippen LogP contribution in [0.1, 0.15) is 40.2 Å². The number of piperidine rings is 1. The minimum absolute atomic E-state index is 0.165. The molecule has 2 heterocycles. The second-order valence-electron chi connectivity index (χ2n) is 9.07. The van der Waals surface area contributed by atoms with Crippen LogP contribution in [0, 0.1) is 5.82 Å². The first-order valence-electron chi connectivity index (χ1n) is 11.9. The molecule has 0 saturated carbocycles. The summed E-state index contributed by atoms with van der Waals surface area (Å²) in [5.74, 6) is -2.89. The van der Waals surface area contributed by atoms with Crippen molar-refractivity contribution in [2.24, 2.45) is 0 Å². The highest BCUT2D eigenvalue weighted by molar-refractivity contribution is 6.11. The molecule has 0 bridgehead atoms. The maximum atomic E-state index is 14.6. The Balaban J connectivity index is 1.46. The predicted octanol–water partition coefficient (Wildman–Crippen LogP) is 4.21. The molecule has 1 aliphatic rings. The molecule has 11 heteroatoms. The van der Waals surface area contributed by atoms with E-state index in [0.29, 0.717) is 66.8 Å². The number of amides is 2. The lowest BCUT2D eigenvalue weighted by Gasteiger charge is -2.32. The van der Waals surface area contributed by atoms with Crippen molar-refractivity contribution in [2.75, 3.05) is 32.5 Å². The summed E-state index contributed by atoms with van der Waals surface area (Å²) in [5.41, 5.74) is 8.79. The molecule has 1 aliphatic heterocycles. The van der Waals surface area contributed by atoms with E-state index in [9.17, 15) is 27.2 Å². The molecular weight excluding hydrogens is 492 g/mol. The first kappa shape index (κ1) is 26.5. The van der Waals surface area contributed by atoms with Gasteiger partial charge in [-0.1, -0.05) is 18.2 Å². The molecule has 0 radical (unpaired) electrons. The average molecular weight is 521 g/mol. The molecule has 0 atom stereocenters. The molecule has 37 heavy (non-hydrogen) atoms. The first-order chi connectivity index (χ1) is 17.6. The molecule has 0 unspecified atom stereocenters. The number of hydrogen-bond acceptors (Lipinski definition) is 4. The molecule has 7 nitrogen and oxygen atoms in total. The van der Waals surface area contributed by atoms with Crippen molar-refractivity contribution in [3.05, 3.63) is 65.1 Å². The van der Waals surface area contributed by atoms with Crippen LogP contribution in [-0.4, -0.2) is 54.3 Å². The molecule has 1 saturated heterocycles. The molecule has 1 fully saturated rings. The van der Waals surface area contributed by atoms with E-state index in [1.807, 2.05) is 16.7 Å². The number of alkyl halides is 3. The fraction of sp³-hybridized carbons (Fsp3) is 0.385. The summed E-state index contributed by atoms with van der Waals surface area (Å²) in [7, 11) is 1.60. The molecule has 2 aromatic carbocycles. The Kier molecular flexibility index (Phi) is 7.72. The number of carbonyl (C=O) groups is 2. The Morgan fingerprint density at radius 2 is 1.89 bits per heavy atom. The monoisotopic (exact) mass is 520 g/mol. The topological polar surface area (TPSA) is 89.6 Å². The van der Waals surface area contributed by atoms with Crippen molar-refractivity contribution in [3.8, 4) is 0 Å². The molecule has 198 valence electrons. The summed E-state index contributed by atoms with van der Waals surface area (Å²) in [6, 6.07) is 9.50. The normalized spacial score (nSPS) is 14.8. The van der Waals surface area contributed by atoms with Crippen molar-refractivity contribution in [1.29, 1.82) is 0 Å². The van der Waals surface area contributed by atoms with Gasteiger partial charge in [0.25, 0.3) is 5.91 Å². The Hall–Kier alpha value is -3.60. The third-order valence-electron chi connectivity index (χ3n) is 6.70. The first-order valence-corrected chi connectivity index (χ1v) is 11.9. The minimum Gasteiger partial charge on any atom is -0.398 e. The van der Waals surface area contributed by atoms with Gasteiger partial charge in [0.1, 0.15) is 5.82 Å². The highest BCUT2D eigenvalue weighted by Crippen LogP contribution is 2.33. The summed E-state index contributed by atoms with van der Waals surface area (Å²) >= 11 is 0. The van der Waals surface area contributed by atoms with Crippen molar-refractivity contribution in [3.63, 3.8) is 0 Å². The fourth-order valence-corrected chi connectivity index (χ4v) is 4.78. The Labute approximate surface area is 211 Å². The van der Waals surface area contributed by atoms with Crippen LogP contribution < -0.4 is 11.1 Å². The third kappa shape index (κ3) is 5.71. The molecular formula is C26H28F4N4O3. The number of anilines is 1. The van der Waals surface area contributed by atoms with Gasteiger partial charge in [-0.05, 0) is 48.1 Å². The zero-order valence-corrected chi connectivity index (χ0v) is 20.3. The van der Waals surface area contributed by atoms with Gasteiger partial charge >= 0.3 is 12.1 Å². The van der Waals surface area contributed by atoms with Gasteiger partial charge in [0.2, 0.25) is 0 Å². The number of carbonyl (C=O) groups excluding carboxylic acids is 2. The number of likely N-dealkylation sites (tertiary alicyclic amines) is 1. The number of aromatic nitrogens is 1. The smallest absolute Gasteiger partial charge is 0.398 e. The lowest BCUT2D eigenvalue weighted by atomic mass is 9.88. The lowest BCUT2D eigenvalue weighted by molar-refractivity contribution is -0.173. The van der Waals surface area contributed by atoms with Gasteiger partial charge in [-0.3, -0.25) is 9.59 Å². The van der Waals surface area contributed by atoms with E-state index < -0.39 is 17.9 Å². The molecule has 3 aromatic rings. The van der Waals surface area contributed by atoms with Gasteiger partial charge in [-0.15, -0.1) is 0 Å². The average Bonchev–Trinajstić information content (AvgIpc) is 3.25. The lowest BCUT2D eigenvalue weighted by Crippen LogP contribution is -2.38. The van der Waals surface area contributed by atoms with E-state index in [1.165, 1.54) is 18.2 Å². The number of nitrogens with two attached hydrogens (primary N) is 1. The molecule has 4 rings (SSSR count). The van der Waals surface area contributed by atoms with Crippen molar-refractivity contribution >= 4 is 28.4 Å². The van der Waals surface area contributed by atoms with Crippen LogP contribution in [0.15, 0.2) is 42.6 Å². The number of hydrogen-bond donors (Lipinski definition) is 2. The standard InChI is InChI=1S/C26H28F4N4O3/c1-37-12-11-34-15-19(23-21(31)3-2-4-22(23)34)24(35)33-9-7-17(8-10-33)18-13-16(5-6-20(18)27)14-32-25(36)26(28,29)30/h2-6,13,15,17H,7-12,14,31H2,1H3,(H,32,36). The zero-order valence-electron chi connectivity index (χ0n) is 20.3. The Morgan fingerprint density at radius 1 is 1.16 bits per heavy atom. The second kappa shape index (κ2) is 10.8. The number of methoxy groups -OCH3 is 1. The predicted molar refractivity (Wildman–Crippen MR) is 130 cm³/mol. The number of fused-ring (bicyclic) bond motifs is 1. The van der Waals surface area contributed by atoms with Crippen LogP contribution in [0.4, 0.5) is 23.2 Å². The summed E-state index contributed by atoms with van der Waals surface area (Å²) in [6.45, 7) is 1.44. The van der Waals surface area contributed by atoms with E-state index in [2.05, 4.69) is 0 Å². The number of benzene rings is 2. The van der Waals surface area contributed by atoms with Crippen molar-refractivity contribution in [2.45, 2.75) is 38.0 Å². The van der Waals surface area contributed by atoms with Crippen LogP contribution in [0.2, 0.25) is 0 Å². The van der Waals surface area contributed by atoms with E-state index in [4.69, 9.17) is 10.5 Å². The quantitative estimate of drug-likeness (QED) is 0.361. The zero-order chi connectivity index (χ0) is 26.7. The number of rotatable bonds is 7. The SMILES string of the molecule is COCCn1cc(C(=O)N2CCC(c3cc(CNC(=O)C(F)(F)F)ccc3F)CC2)c2c(N)cccc21. The van der Waals surface area contributed by atoms with Crippen LogP contribution in [-0.2, 0) is 22.6 Å². The minimum atomic E-state index is -4.98. The summed E-state index contributed by atoms with van der Waals surface area (Å²) in [6.07, 6.45) is -2.23. The van der Waals surface area contributed by atoms with E-state index >= 15 is 0 Å². The largest absolute Gasteiger partial charge is 0.471 e. The van der Waals surface area contributed by atoms with Crippen molar-refractivity contribution < 1.29 is 31.9 Å². The number of halogens is 4. The molecule has 1 aromatic heterocycles. The van der Waals surface area contributed by atoms with Gasteiger partial charge in [-0.25, -0.2) is 4.39 Å². The van der Waals surface area contributed by atoms with E-state index in [-0.39, 0.29) is 18.4 Å². The molecule has 0 spiro atoms. The maximum absolute atomic E-state index is 14.6. The second-order valence-corrected chi connectivity index (χ2v) is 9.07. The summed E-state index contributed by atoms with van der Waals surface area (Å²) < 4.78 is 59.1. The van der Waals surface area contributed by atoms with Crippen molar-refractivity contribution in [1.82, 2.24) is 14.8 Å². The van der Waals surface area contributed by atoms with Gasteiger partial charge in [0.05, 0.1) is 17.7 Å². The van der Waals surface area contributed by atoms with Crippen LogP contribution in [0.3, 0.4) is 0 Å². The van der Waals surface area contributed by atoms with Crippen LogP contribution in [0.25, 0.3) is 10.9 Å². The third-order valence-corrected chi connectivity index (χ3v) is 6.70. The van der Waals surface area contributed by atoms with Gasteiger partial charge in [0, 0.05) is 50.6 Å². The van der Waals surface area contributed by atoms with Crippen LogP contribution >= 0.6 is 0 Å². The van der Waals surface area contributed by atoms with Gasteiger partial charge in [0.15, 0.2) is 0 Å². The summed E-state index contributed by atoms with van der Waals surface area (Å²) in [4.78, 5) is 26.3.